The molecular weight excluding hydrogens is 334 g/mol. The molecule has 2 aromatic rings. The Morgan fingerprint density at radius 1 is 1.32 bits per heavy atom. The fraction of sp³-hybridized carbons (Fsp3) is 0.333. The van der Waals surface area contributed by atoms with Gasteiger partial charge >= 0.3 is 0 Å². The number of hydrogen-bond donors (Lipinski definition) is 1. The molecule has 6 nitrogen and oxygen atoms in total. The summed E-state index contributed by atoms with van der Waals surface area (Å²) in [5, 5.41) is 9.37. The Balaban J connectivity index is 1.66. The number of amides is 1. The number of nitrogen functional groups attached to an aromatic ring is 1. The zero-order chi connectivity index (χ0) is 17.6. The van der Waals surface area contributed by atoms with Gasteiger partial charge in [0.15, 0.2) is 5.16 Å². The van der Waals surface area contributed by atoms with Crippen LogP contribution < -0.4 is 5.73 Å². The van der Waals surface area contributed by atoms with Gasteiger partial charge < -0.3 is 10.6 Å². The van der Waals surface area contributed by atoms with Crippen LogP contribution in [0.2, 0.25) is 0 Å². The first-order valence-corrected chi connectivity index (χ1v) is 9.19. The number of carbonyl (C=O) groups excluding carboxylic acids is 1. The van der Waals surface area contributed by atoms with Crippen LogP contribution in [0.4, 0.5) is 5.82 Å². The predicted octanol–water partition coefficient (Wildman–Crippen LogP) is 2.85. The highest BCUT2D eigenvalue weighted by atomic mass is 32.2. The number of nitrogens with zero attached hydrogens (tertiary/aromatic N) is 4. The van der Waals surface area contributed by atoms with Crippen molar-refractivity contribution in [2.45, 2.75) is 30.2 Å². The van der Waals surface area contributed by atoms with E-state index in [9.17, 15) is 4.79 Å². The zero-order valence-electron chi connectivity index (χ0n) is 13.8. The lowest BCUT2D eigenvalue weighted by atomic mass is 10.1. The number of rotatable bonds is 4. The van der Waals surface area contributed by atoms with E-state index in [1.807, 2.05) is 35.2 Å². The molecular formula is C18H19N5OS. The smallest absolute Gasteiger partial charge is 0.253 e. The van der Waals surface area contributed by atoms with E-state index < -0.39 is 0 Å². The van der Waals surface area contributed by atoms with Crippen LogP contribution in [0, 0.1) is 11.3 Å². The lowest BCUT2D eigenvalue weighted by Gasteiger charge is -2.26. The van der Waals surface area contributed by atoms with E-state index >= 15 is 0 Å². The molecule has 1 amide bonds. The zero-order valence-corrected chi connectivity index (χ0v) is 14.6. The normalized spacial score (nSPS) is 14.1. The third-order valence-electron chi connectivity index (χ3n) is 4.10. The lowest BCUT2D eigenvalue weighted by Crippen LogP contribution is -2.35. The predicted molar refractivity (Wildman–Crippen MR) is 96.9 cm³/mol. The molecule has 7 heteroatoms. The Labute approximate surface area is 151 Å². The minimum Gasteiger partial charge on any atom is -0.382 e. The van der Waals surface area contributed by atoms with E-state index in [1.165, 1.54) is 24.4 Å². The molecule has 25 heavy (non-hydrogen) atoms. The van der Waals surface area contributed by atoms with Gasteiger partial charge in [0.2, 0.25) is 0 Å². The summed E-state index contributed by atoms with van der Waals surface area (Å²) in [7, 11) is 0. The summed E-state index contributed by atoms with van der Waals surface area (Å²) >= 11 is 1.43. The third-order valence-corrected chi connectivity index (χ3v) is 5.03. The second-order valence-corrected chi connectivity index (χ2v) is 6.85. The number of thioether (sulfide) groups is 1. The molecule has 2 N–H and O–H groups in total. The van der Waals surface area contributed by atoms with Crippen molar-refractivity contribution in [3.8, 4) is 6.07 Å². The molecule has 0 radical (unpaired) electrons. The monoisotopic (exact) mass is 353 g/mol. The van der Waals surface area contributed by atoms with Crippen LogP contribution in [-0.2, 0) is 5.75 Å². The van der Waals surface area contributed by atoms with Crippen LogP contribution in [0.1, 0.15) is 40.7 Å². The van der Waals surface area contributed by atoms with Gasteiger partial charge in [-0.05, 0) is 37.0 Å². The van der Waals surface area contributed by atoms with Crippen LogP contribution in [0.25, 0.3) is 0 Å². The van der Waals surface area contributed by atoms with Gasteiger partial charge in [0.05, 0.1) is 6.20 Å². The molecule has 1 aliphatic heterocycles. The van der Waals surface area contributed by atoms with E-state index in [0.717, 1.165) is 37.1 Å². The van der Waals surface area contributed by atoms with Crippen LogP contribution >= 0.6 is 11.8 Å². The highest BCUT2D eigenvalue weighted by Crippen LogP contribution is 2.22. The number of piperidine rings is 1. The second kappa shape index (κ2) is 7.99. The summed E-state index contributed by atoms with van der Waals surface area (Å²) in [6, 6.07) is 9.62. The molecule has 128 valence electrons. The van der Waals surface area contributed by atoms with Crippen molar-refractivity contribution in [1.29, 1.82) is 5.26 Å². The van der Waals surface area contributed by atoms with Crippen molar-refractivity contribution in [2.24, 2.45) is 0 Å². The number of nitriles is 1. The van der Waals surface area contributed by atoms with Crippen molar-refractivity contribution in [1.82, 2.24) is 14.9 Å². The van der Waals surface area contributed by atoms with Crippen molar-refractivity contribution < 1.29 is 4.79 Å². The van der Waals surface area contributed by atoms with Gasteiger partial charge in [0.1, 0.15) is 17.5 Å². The summed E-state index contributed by atoms with van der Waals surface area (Å²) in [6.45, 7) is 1.69. The Morgan fingerprint density at radius 2 is 2.12 bits per heavy atom. The SMILES string of the molecule is N#Cc1cnc(SCc2cccc(C(=O)N3CCCCC3)c2)nc1N. The highest BCUT2D eigenvalue weighted by Gasteiger charge is 2.18. The van der Waals surface area contributed by atoms with E-state index in [1.54, 1.807) is 0 Å². The summed E-state index contributed by atoms with van der Waals surface area (Å²) in [5.41, 5.74) is 7.74. The van der Waals surface area contributed by atoms with E-state index in [4.69, 9.17) is 11.0 Å². The van der Waals surface area contributed by atoms with Gasteiger partial charge in [-0.25, -0.2) is 9.97 Å². The van der Waals surface area contributed by atoms with Crippen molar-refractivity contribution in [2.75, 3.05) is 18.8 Å². The first-order valence-electron chi connectivity index (χ1n) is 8.21. The van der Waals surface area contributed by atoms with Crippen molar-refractivity contribution in [3.63, 3.8) is 0 Å². The Hall–Kier alpha value is -2.59. The molecule has 0 bridgehead atoms. The number of anilines is 1. The van der Waals surface area contributed by atoms with Crippen LogP contribution in [0.5, 0.6) is 0 Å². The fourth-order valence-electron chi connectivity index (χ4n) is 2.76. The van der Waals surface area contributed by atoms with E-state index in [2.05, 4.69) is 9.97 Å². The first-order chi connectivity index (χ1) is 12.2. The van der Waals surface area contributed by atoms with Crippen LogP contribution in [0.15, 0.2) is 35.6 Å². The summed E-state index contributed by atoms with van der Waals surface area (Å²) in [6.07, 6.45) is 4.80. The Morgan fingerprint density at radius 3 is 2.84 bits per heavy atom. The van der Waals surface area contributed by atoms with Gasteiger partial charge in [0.25, 0.3) is 5.91 Å². The molecule has 0 atom stereocenters. The second-order valence-electron chi connectivity index (χ2n) is 5.91. The van der Waals surface area contributed by atoms with E-state index in [0.29, 0.717) is 10.9 Å². The molecule has 1 saturated heterocycles. The molecule has 2 heterocycles. The first kappa shape index (κ1) is 17.2. The fourth-order valence-corrected chi connectivity index (χ4v) is 3.52. The van der Waals surface area contributed by atoms with Gasteiger partial charge in [-0.3, -0.25) is 4.79 Å². The van der Waals surface area contributed by atoms with Crippen LogP contribution in [0.3, 0.4) is 0 Å². The summed E-state index contributed by atoms with van der Waals surface area (Å²) < 4.78 is 0. The standard InChI is InChI=1S/C18H19N5OS/c19-10-15-11-21-18(22-16(15)20)25-12-13-5-4-6-14(9-13)17(24)23-7-2-1-3-8-23/h4-6,9,11H,1-3,7-8,12H2,(H2,20,21,22). The third kappa shape index (κ3) is 4.28. The van der Waals surface area contributed by atoms with Gasteiger partial charge in [-0.2, -0.15) is 5.26 Å². The number of hydrogen-bond acceptors (Lipinski definition) is 6. The molecule has 0 aliphatic carbocycles. The quantitative estimate of drug-likeness (QED) is 0.671. The summed E-state index contributed by atoms with van der Waals surface area (Å²) in [4.78, 5) is 22.8. The largest absolute Gasteiger partial charge is 0.382 e. The maximum absolute atomic E-state index is 12.6. The Bertz CT molecular complexity index is 811. The van der Waals surface area contributed by atoms with Crippen LogP contribution in [-0.4, -0.2) is 33.9 Å². The van der Waals surface area contributed by atoms with Gasteiger partial charge in [-0.1, -0.05) is 23.9 Å². The van der Waals surface area contributed by atoms with Crippen molar-refractivity contribution in [3.05, 3.63) is 47.2 Å². The highest BCUT2D eigenvalue weighted by molar-refractivity contribution is 7.98. The lowest BCUT2D eigenvalue weighted by molar-refractivity contribution is 0.0724. The van der Waals surface area contributed by atoms with Gasteiger partial charge in [-0.15, -0.1) is 0 Å². The average molecular weight is 353 g/mol. The molecule has 3 rings (SSSR count). The number of benzene rings is 1. The number of likely N-dealkylation sites (tertiary alicyclic amines) is 1. The number of aromatic nitrogens is 2. The Kier molecular flexibility index (Phi) is 5.51. The molecule has 1 aromatic heterocycles. The maximum Gasteiger partial charge on any atom is 0.253 e. The molecule has 1 fully saturated rings. The van der Waals surface area contributed by atoms with Gasteiger partial charge in [0, 0.05) is 24.4 Å². The number of nitrogens with two attached hydrogens (primary N) is 1. The molecule has 0 saturated carbocycles. The summed E-state index contributed by atoms with van der Waals surface area (Å²) in [5.74, 6) is 0.923. The molecule has 1 aromatic carbocycles. The average Bonchev–Trinajstić information content (AvgIpc) is 2.67. The number of carbonyl (C=O) groups is 1. The molecule has 0 spiro atoms. The van der Waals surface area contributed by atoms with E-state index in [-0.39, 0.29) is 17.3 Å². The topological polar surface area (TPSA) is 95.9 Å². The minimum atomic E-state index is 0.102. The maximum atomic E-state index is 12.6. The van der Waals surface area contributed by atoms with Crippen molar-refractivity contribution >= 4 is 23.5 Å². The minimum absolute atomic E-state index is 0.102. The molecule has 0 unspecified atom stereocenters. The molecule has 1 aliphatic rings.